The van der Waals surface area contributed by atoms with Crippen molar-refractivity contribution in [1.29, 1.82) is 5.41 Å². The van der Waals surface area contributed by atoms with Gasteiger partial charge in [0, 0.05) is 43.6 Å². The first kappa shape index (κ1) is 35.4. The van der Waals surface area contributed by atoms with E-state index < -0.39 is 71.5 Å². The van der Waals surface area contributed by atoms with Crippen molar-refractivity contribution >= 4 is 46.6 Å². The normalized spacial score (nSPS) is 22.7. The predicted octanol–water partition coefficient (Wildman–Crippen LogP) is 4.47. The minimum absolute atomic E-state index is 0.0526. The summed E-state index contributed by atoms with van der Waals surface area (Å²) in [7, 11) is 0. The van der Waals surface area contributed by atoms with E-state index >= 15 is 0 Å². The minimum atomic E-state index is -2.89. The van der Waals surface area contributed by atoms with Crippen LogP contribution in [0.4, 0.5) is 29.3 Å². The first-order valence-electron chi connectivity index (χ1n) is 16.2. The maximum absolute atomic E-state index is 14.1. The number of carbonyl (C=O) groups excluding carboxylic acids is 4. The number of hydrogen-bond donors (Lipinski definition) is 6. The minimum Gasteiger partial charge on any atom is -0.410 e. The molecule has 49 heavy (non-hydrogen) atoms. The molecule has 0 spiro atoms. The fraction of sp³-hybridized carbons (Fsp3) is 0.471. The number of amides is 5. The van der Waals surface area contributed by atoms with Gasteiger partial charge in [-0.15, -0.1) is 0 Å². The van der Waals surface area contributed by atoms with Crippen molar-refractivity contribution in [3.05, 3.63) is 59.4 Å². The average molecular weight is 684 g/mol. The monoisotopic (exact) mass is 683 g/mol. The summed E-state index contributed by atoms with van der Waals surface area (Å²) in [5, 5.41) is 30.7. The number of halogens is 3. The average Bonchev–Trinajstić information content (AvgIpc) is 3.61. The summed E-state index contributed by atoms with van der Waals surface area (Å²) in [6.07, 6.45) is -0.814. The van der Waals surface area contributed by atoms with Crippen LogP contribution in [0, 0.1) is 23.1 Å². The molecule has 2 fully saturated rings. The Bertz CT molecular complexity index is 1690. The molecule has 2 aromatic carbocycles. The molecule has 262 valence electrons. The summed E-state index contributed by atoms with van der Waals surface area (Å²) in [4.78, 5) is 55.4. The Kier molecular flexibility index (Phi) is 10.0. The molecule has 2 aliphatic carbocycles. The van der Waals surface area contributed by atoms with Gasteiger partial charge in [-0.1, -0.05) is 31.1 Å². The van der Waals surface area contributed by atoms with Crippen LogP contribution >= 0.6 is 0 Å². The Hall–Kier alpha value is -4.95. The van der Waals surface area contributed by atoms with E-state index in [-0.39, 0.29) is 55.6 Å². The van der Waals surface area contributed by atoms with E-state index in [1.165, 1.54) is 30.0 Å². The largest absolute Gasteiger partial charge is 0.410 e. The Labute approximate surface area is 281 Å². The number of alkyl halides is 2. The molecule has 0 bridgehead atoms. The first-order valence-corrected chi connectivity index (χ1v) is 16.2. The van der Waals surface area contributed by atoms with Gasteiger partial charge in [-0.25, -0.2) is 18.0 Å². The molecule has 3 atom stereocenters. The number of carbonyl (C=O) groups is 4. The lowest BCUT2D eigenvalue weighted by Gasteiger charge is -2.36. The number of nitrogens with zero attached hydrogens (tertiary/aromatic N) is 2. The third-order valence-corrected chi connectivity index (χ3v) is 9.67. The van der Waals surface area contributed by atoms with Gasteiger partial charge < -0.3 is 36.8 Å². The predicted molar refractivity (Wildman–Crippen MR) is 176 cm³/mol. The van der Waals surface area contributed by atoms with Crippen LogP contribution in [0.2, 0.25) is 0 Å². The highest BCUT2D eigenvalue weighted by Gasteiger charge is 2.53. The third-order valence-electron chi connectivity index (χ3n) is 9.67. The molecule has 2 aromatic rings. The van der Waals surface area contributed by atoms with E-state index in [1.54, 1.807) is 24.3 Å². The number of benzene rings is 2. The topological polar surface area (TPSA) is 176 Å². The maximum atomic E-state index is 14.1. The van der Waals surface area contributed by atoms with E-state index in [9.17, 15) is 37.6 Å². The van der Waals surface area contributed by atoms with Crippen molar-refractivity contribution < 1.29 is 37.6 Å². The van der Waals surface area contributed by atoms with Crippen LogP contribution in [-0.4, -0.2) is 75.4 Å². The van der Waals surface area contributed by atoms with Gasteiger partial charge in [0.05, 0.1) is 11.8 Å². The number of fused-ring (bicyclic) bond motifs is 1. The van der Waals surface area contributed by atoms with Gasteiger partial charge in [0.15, 0.2) is 5.71 Å². The molecule has 0 radical (unpaired) electrons. The molecule has 1 aliphatic heterocycles. The molecule has 1 saturated carbocycles. The van der Waals surface area contributed by atoms with Crippen molar-refractivity contribution in [3.8, 4) is 0 Å². The van der Waals surface area contributed by atoms with Crippen LogP contribution in [0.3, 0.4) is 0 Å². The molecule has 1 heterocycles. The van der Waals surface area contributed by atoms with Crippen LogP contribution < -0.4 is 21.3 Å². The summed E-state index contributed by atoms with van der Waals surface area (Å²) < 4.78 is 42.0. The second-order valence-electron chi connectivity index (χ2n) is 13.5. The lowest BCUT2D eigenvalue weighted by molar-refractivity contribution is -0.126. The second kappa shape index (κ2) is 13.9. The Balaban J connectivity index is 1.41. The lowest BCUT2D eigenvalue weighted by Crippen LogP contribution is -2.59. The first-order chi connectivity index (χ1) is 23.1. The fourth-order valence-electron chi connectivity index (χ4n) is 6.84. The van der Waals surface area contributed by atoms with Crippen molar-refractivity contribution in [3.63, 3.8) is 0 Å². The highest BCUT2D eigenvalue weighted by molar-refractivity contribution is 6.65. The summed E-state index contributed by atoms with van der Waals surface area (Å²) in [6.45, 7) is 5.42. The van der Waals surface area contributed by atoms with E-state index in [0.717, 1.165) is 5.56 Å². The van der Waals surface area contributed by atoms with Crippen LogP contribution in [0.1, 0.15) is 57.6 Å². The number of anilines is 2. The molecule has 1 unspecified atom stereocenters. The van der Waals surface area contributed by atoms with Gasteiger partial charge in [-0.3, -0.25) is 14.4 Å². The molecule has 5 amide bonds. The van der Waals surface area contributed by atoms with Crippen LogP contribution in [-0.2, 0) is 27.2 Å². The Morgan fingerprint density at radius 1 is 1.04 bits per heavy atom. The van der Waals surface area contributed by atoms with Crippen molar-refractivity contribution in [2.75, 3.05) is 17.2 Å². The summed E-state index contributed by atoms with van der Waals surface area (Å²) >= 11 is 0. The molecule has 5 rings (SSSR count). The van der Waals surface area contributed by atoms with Gasteiger partial charge in [-0.2, -0.15) is 0 Å². The number of rotatable bonds is 10. The van der Waals surface area contributed by atoms with Crippen LogP contribution in [0.5, 0.6) is 0 Å². The van der Waals surface area contributed by atoms with Crippen LogP contribution in [0.15, 0.2) is 47.6 Å². The molecule has 12 nitrogen and oxygen atoms in total. The SMILES string of the molecule is CC(=N)C(=NO)C(=O)N[C@H](C(=O)Nc1ccc2c(c1)CC(C(=O)Nc1cccc(F)c1)(N1C[C@@H](C(C)C)NC1=O)C2)C1CCC(F)(F)CC1. The molecule has 1 saturated heterocycles. The number of urea groups is 1. The highest BCUT2D eigenvalue weighted by atomic mass is 19.3. The molecule has 6 N–H and O–H groups in total. The molecule has 3 aliphatic rings. The maximum Gasteiger partial charge on any atom is 0.318 e. The standard InChI is InChI=1S/C34H40F3N7O5/c1-18(2)26-17-44(32(48)41-26)33(31(47)40-24-6-4-5-23(35)14-24)15-21-7-8-25(13-22(21)16-33)39-30(46)28(20-9-11-34(36,37)12-10-20)42-29(45)27(43-49)19(3)38/h4-8,13-14,18,20,26,28,38,49H,9-12,15-17H2,1-3H3,(H,39,46)(H,40,47)(H,41,48)(H,42,45)/t26-,28-,33?/m0/s1. The Morgan fingerprint density at radius 2 is 1.71 bits per heavy atom. The number of oxime groups is 1. The van der Waals surface area contributed by atoms with Crippen LogP contribution in [0.25, 0.3) is 0 Å². The second-order valence-corrected chi connectivity index (χ2v) is 13.5. The zero-order valence-corrected chi connectivity index (χ0v) is 27.4. The molecule has 15 heteroatoms. The zero-order chi connectivity index (χ0) is 35.7. The molecule has 0 aromatic heterocycles. The van der Waals surface area contributed by atoms with Gasteiger partial charge in [-0.05, 0) is 73.1 Å². The number of nitrogens with one attached hydrogen (secondary N) is 5. The van der Waals surface area contributed by atoms with E-state index in [4.69, 9.17) is 5.41 Å². The van der Waals surface area contributed by atoms with Gasteiger partial charge in [0.25, 0.3) is 11.8 Å². The molecular weight excluding hydrogens is 643 g/mol. The van der Waals surface area contributed by atoms with Gasteiger partial charge in [0.1, 0.15) is 17.4 Å². The van der Waals surface area contributed by atoms with Crippen molar-refractivity contribution in [2.45, 2.75) is 82.8 Å². The zero-order valence-electron chi connectivity index (χ0n) is 27.4. The smallest absolute Gasteiger partial charge is 0.318 e. The Morgan fingerprint density at radius 3 is 2.33 bits per heavy atom. The quantitative estimate of drug-likeness (QED) is 0.123. The highest BCUT2D eigenvalue weighted by Crippen LogP contribution is 2.40. The van der Waals surface area contributed by atoms with E-state index in [0.29, 0.717) is 11.3 Å². The fourth-order valence-corrected chi connectivity index (χ4v) is 6.84. The lowest BCUT2D eigenvalue weighted by atomic mass is 9.81. The van der Waals surface area contributed by atoms with Crippen molar-refractivity contribution in [2.24, 2.45) is 17.0 Å². The summed E-state index contributed by atoms with van der Waals surface area (Å²) in [5.74, 6) is -6.20. The van der Waals surface area contributed by atoms with Crippen molar-refractivity contribution in [1.82, 2.24) is 15.5 Å². The van der Waals surface area contributed by atoms with E-state index in [2.05, 4.69) is 26.4 Å². The van der Waals surface area contributed by atoms with Gasteiger partial charge in [0.2, 0.25) is 11.8 Å². The van der Waals surface area contributed by atoms with Gasteiger partial charge >= 0.3 is 6.03 Å². The third kappa shape index (κ3) is 7.55. The number of hydrogen-bond acceptors (Lipinski definition) is 7. The summed E-state index contributed by atoms with van der Waals surface area (Å²) in [5.41, 5.74) is -0.401. The molecular formula is C34H40F3N7O5. The van der Waals surface area contributed by atoms with E-state index in [1.807, 2.05) is 13.8 Å². The summed E-state index contributed by atoms with van der Waals surface area (Å²) in [6, 6.07) is 8.54.